The number of likely N-dealkylation sites (tertiary alicyclic amines) is 1. The van der Waals surface area contributed by atoms with Crippen molar-refractivity contribution in [2.45, 2.75) is 214 Å². The summed E-state index contributed by atoms with van der Waals surface area (Å²) in [5.74, 6) is -10.7. The molecule has 7 amide bonds. The Morgan fingerprint density at radius 1 is 0.600 bits per heavy atom. The zero-order chi connectivity index (χ0) is 54.1. The van der Waals surface area contributed by atoms with Crippen molar-refractivity contribution in [3.05, 3.63) is 0 Å². The fraction of sp³-hybridized carbons (Fsp3) is 0.771. The molecule has 7 N–H and O–H groups in total. The van der Waals surface area contributed by atoms with Crippen LogP contribution >= 0.6 is 0 Å². The van der Waals surface area contributed by atoms with Crippen LogP contribution in [0.3, 0.4) is 0 Å². The maximum absolute atomic E-state index is 14.3. The van der Waals surface area contributed by atoms with Gasteiger partial charge in [0.1, 0.15) is 41.4 Å². The Morgan fingerprint density at radius 3 is 1.53 bits per heavy atom. The maximum Gasteiger partial charge on any atom is 0.328 e. The van der Waals surface area contributed by atoms with Crippen molar-refractivity contribution in [1.29, 1.82) is 0 Å². The van der Waals surface area contributed by atoms with Crippen LogP contribution in [0.25, 0.3) is 0 Å². The summed E-state index contributed by atoms with van der Waals surface area (Å²) in [7, 11) is 0. The fourth-order valence-corrected chi connectivity index (χ4v) is 7.11. The van der Waals surface area contributed by atoms with E-state index in [4.69, 9.17) is 14.2 Å². The molecule has 1 fully saturated rings. The lowest BCUT2D eigenvalue weighted by Gasteiger charge is -2.33. The molecular formula is C48H81N7O15. The van der Waals surface area contributed by atoms with E-state index in [1.807, 2.05) is 0 Å². The van der Waals surface area contributed by atoms with Gasteiger partial charge in [0.25, 0.3) is 5.91 Å². The van der Waals surface area contributed by atoms with Gasteiger partial charge in [-0.2, -0.15) is 0 Å². The molecule has 22 heteroatoms. The van der Waals surface area contributed by atoms with Gasteiger partial charge < -0.3 is 56.1 Å². The molecule has 1 aliphatic heterocycles. The molecule has 0 aromatic rings. The number of ketones is 1. The van der Waals surface area contributed by atoms with Gasteiger partial charge in [0.05, 0.1) is 18.2 Å². The molecule has 7 atom stereocenters. The first-order valence-electron chi connectivity index (χ1n) is 24.0. The molecule has 0 spiro atoms. The summed E-state index contributed by atoms with van der Waals surface area (Å²) in [5, 5.41) is 24.8. The lowest BCUT2D eigenvalue weighted by molar-refractivity contribution is -0.156. The third-order valence-corrected chi connectivity index (χ3v) is 10.5. The number of hydrogen-bond acceptors (Lipinski definition) is 14. The minimum absolute atomic E-state index is 0.0252. The molecule has 5 unspecified atom stereocenters. The smallest absolute Gasteiger partial charge is 0.328 e. The van der Waals surface area contributed by atoms with Crippen molar-refractivity contribution in [1.82, 2.24) is 36.8 Å². The number of esters is 2. The minimum Gasteiger partial charge on any atom is -0.480 e. The summed E-state index contributed by atoms with van der Waals surface area (Å²) < 4.78 is 16.2. The van der Waals surface area contributed by atoms with Gasteiger partial charge in [-0.1, -0.05) is 41.0 Å². The summed E-state index contributed by atoms with van der Waals surface area (Å²) >= 11 is 0. The predicted octanol–water partition coefficient (Wildman–Crippen LogP) is 1.73. The van der Waals surface area contributed by atoms with Crippen LogP contribution in [-0.4, -0.2) is 147 Å². The summed E-state index contributed by atoms with van der Waals surface area (Å²) in [4.78, 5) is 147. The highest BCUT2D eigenvalue weighted by Crippen LogP contribution is 2.22. The monoisotopic (exact) mass is 996 g/mol. The van der Waals surface area contributed by atoms with Crippen molar-refractivity contribution >= 4 is 65.0 Å². The Hall–Kier alpha value is -5.67. The molecule has 1 heterocycles. The van der Waals surface area contributed by atoms with Crippen molar-refractivity contribution in [2.75, 3.05) is 13.2 Å². The normalized spacial score (nSPS) is 16.6. The molecule has 0 bridgehead atoms. The van der Waals surface area contributed by atoms with E-state index in [0.29, 0.717) is 12.8 Å². The number of carboxylic acids is 1. The number of amides is 7. The Labute approximate surface area is 412 Å². The molecule has 1 aliphatic rings. The highest BCUT2D eigenvalue weighted by atomic mass is 16.6. The fourth-order valence-electron chi connectivity index (χ4n) is 7.11. The lowest BCUT2D eigenvalue weighted by atomic mass is 9.98. The molecule has 0 radical (unpaired) electrons. The summed E-state index contributed by atoms with van der Waals surface area (Å²) in [6.45, 7) is 24.2. The Bertz CT molecular complexity index is 1880. The van der Waals surface area contributed by atoms with E-state index in [1.54, 1.807) is 96.9 Å². The number of aliphatic carboxylic acids is 1. The number of nitrogens with one attached hydrogen (secondary N) is 6. The van der Waals surface area contributed by atoms with Crippen molar-refractivity contribution in [3.63, 3.8) is 0 Å². The van der Waals surface area contributed by atoms with E-state index in [1.165, 1.54) is 11.8 Å². The molecule has 22 nitrogen and oxygen atoms in total. The second-order valence-electron chi connectivity index (χ2n) is 21.2. The number of carboxylic acid groups (broad SMARTS) is 1. The van der Waals surface area contributed by atoms with Gasteiger partial charge in [-0.05, 0) is 106 Å². The number of ether oxygens (including phenoxy) is 3. The average Bonchev–Trinajstić information content (AvgIpc) is 3.71. The van der Waals surface area contributed by atoms with Gasteiger partial charge in [-0.15, -0.1) is 0 Å². The second kappa shape index (κ2) is 27.7. The van der Waals surface area contributed by atoms with Crippen molar-refractivity contribution in [2.24, 2.45) is 11.8 Å². The molecule has 70 heavy (non-hydrogen) atoms. The Morgan fingerprint density at radius 2 is 1.09 bits per heavy atom. The maximum atomic E-state index is 14.3. The van der Waals surface area contributed by atoms with Crippen LogP contribution in [0, 0.1) is 11.8 Å². The third kappa shape index (κ3) is 22.8. The van der Waals surface area contributed by atoms with Gasteiger partial charge in [-0.3, -0.25) is 47.9 Å². The number of Topliss-reactive ketones (excluding diaryl/α,β-unsaturated/α-hetero) is 1. The van der Waals surface area contributed by atoms with Gasteiger partial charge in [0.15, 0.2) is 6.04 Å². The molecular weight excluding hydrogens is 915 g/mol. The van der Waals surface area contributed by atoms with Crippen LogP contribution in [0.4, 0.5) is 0 Å². The predicted molar refractivity (Wildman–Crippen MR) is 255 cm³/mol. The molecule has 0 aromatic heterocycles. The average molecular weight is 996 g/mol. The van der Waals surface area contributed by atoms with E-state index >= 15 is 0 Å². The standard InChI is InChI=1S/C48H81N7O15/c1-16-18-29(38(59)43(64)52-32(45(66)67)25-68-46(7,8)9)50-41(62)33-19-17-24-55(33)44(65)37(27(4)5)54-42(63)36(26(2)3)53-40(61)31(21-23-35(58)70-48(13,14)15)51-39(60)30(49-28(6)56)20-22-34(57)69-47(10,11)12/h26-27,29-33,36-37H,16-25H2,1-15H3,(H,49,56)(H,50,62)(H,51,60)(H,52,64)(H,53,61)(H,54,63)(H,66,67)/t29?,30?,31?,32?,33-,36-,37?/m0/s1. The number of nitrogens with zero attached hydrogens (tertiary/aromatic N) is 1. The van der Waals surface area contributed by atoms with Crippen LogP contribution in [0.1, 0.15) is 155 Å². The molecule has 398 valence electrons. The van der Waals surface area contributed by atoms with Crippen LogP contribution < -0.4 is 31.9 Å². The SMILES string of the molecule is CCCC(NC(=O)[C@@H]1CCCN1C(=O)C(NC(=O)[C@@H](NC(=O)C(CCC(=O)OC(C)(C)C)NC(=O)C(CCC(=O)OC(C)(C)C)NC(C)=O)C(C)C)C(C)C)C(=O)C(=O)NC(COC(C)(C)C)C(=O)O. The van der Waals surface area contributed by atoms with Gasteiger partial charge in [0.2, 0.25) is 41.2 Å². The van der Waals surface area contributed by atoms with E-state index in [-0.39, 0.29) is 45.1 Å². The van der Waals surface area contributed by atoms with Crippen LogP contribution in [0.2, 0.25) is 0 Å². The molecule has 1 saturated heterocycles. The van der Waals surface area contributed by atoms with E-state index in [9.17, 15) is 57.8 Å². The zero-order valence-electron chi connectivity index (χ0n) is 43.9. The first kappa shape index (κ1) is 62.3. The van der Waals surface area contributed by atoms with Crippen molar-refractivity contribution < 1.29 is 72.1 Å². The second-order valence-corrected chi connectivity index (χ2v) is 21.2. The largest absolute Gasteiger partial charge is 0.480 e. The Kier molecular flexibility index (Phi) is 24.6. The lowest BCUT2D eigenvalue weighted by Crippen LogP contribution is -2.61. The van der Waals surface area contributed by atoms with Gasteiger partial charge in [0, 0.05) is 26.3 Å². The summed E-state index contributed by atoms with van der Waals surface area (Å²) in [6.07, 6.45) is -0.150. The third-order valence-electron chi connectivity index (χ3n) is 10.5. The number of rotatable bonds is 26. The topological polar surface area (TPSA) is 311 Å². The van der Waals surface area contributed by atoms with E-state index in [0.717, 1.165) is 0 Å². The molecule has 0 aromatic carbocycles. The Balaban J connectivity index is 3.36. The molecule has 1 rings (SSSR count). The highest BCUT2D eigenvalue weighted by molar-refractivity contribution is 6.38. The van der Waals surface area contributed by atoms with Crippen LogP contribution in [-0.2, 0) is 67.0 Å². The summed E-state index contributed by atoms with van der Waals surface area (Å²) in [5.41, 5.74) is -2.42. The highest BCUT2D eigenvalue weighted by Gasteiger charge is 2.42. The van der Waals surface area contributed by atoms with Gasteiger partial charge in [-0.25, -0.2) is 4.79 Å². The first-order valence-corrected chi connectivity index (χ1v) is 24.0. The van der Waals surface area contributed by atoms with Gasteiger partial charge >= 0.3 is 17.9 Å². The number of carbonyl (C=O) groups is 11. The van der Waals surface area contributed by atoms with E-state index < -0.39 is 143 Å². The van der Waals surface area contributed by atoms with E-state index in [2.05, 4.69) is 31.9 Å². The van der Waals surface area contributed by atoms with Crippen LogP contribution in [0.5, 0.6) is 0 Å². The van der Waals surface area contributed by atoms with Crippen molar-refractivity contribution in [3.8, 4) is 0 Å². The number of carbonyl (C=O) groups excluding carboxylic acids is 10. The zero-order valence-corrected chi connectivity index (χ0v) is 43.9. The van der Waals surface area contributed by atoms with Crippen LogP contribution in [0.15, 0.2) is 0 Å². The quantitative estimate of drug-likeness (QED) is 0.0480. The first-order chi connectivity index (χ1) is 32.1. The summed E-state index contributed by atoms with van der Waals surface area (Å²) in [6, 6.07) is -9.31. The number of hydrogen-bond donors (Lipinski definition) is 7. The molecule has 0 aliphatic carbocycles. The molecule has 0 saturated carbocycles. The minimum atomic E-state index is -1.55.